The first-order chi connectivity index (χ1) is 7.94. The van der Waals surface area contributed by atoms with E-state index in [0.29, 0.717) is 15.9 Å². The van der Waals surface area contributed by atoms with Crippen molar-refractivity contribution in [2.45, 2.75) is 26.7 Å². The fourth-order valence-electron chi connectivity index (χ4n) is 1.54. The Bertz CT molecular complexity index is 367. The van der Waals surface area contributed by atoms with Crippen LogP contribution < -0.4 is 11.1 Å². The molecular formula is C12H19Cl2N3. The van der Waals surface area contributed by atoms with Crippen molar-refractivity contribution >= 4 is 29.0 Å². The Morgan fingerprint density at radius 1 is 1.41 bits per heavy atom. The quantitative estimate of drug-likeness (QED) is 0.835. The van der Waals surface area contributed by atoms with Crippen LogP contribution in [0.15, 0.2) is 12.3 Å². The van der Waals surface area contributed by atoms with Crippen LogP contribution in [0.1, 0.15) is 26.7 Å². The molecule has 1 aromatic rings. The second-order valence-corrected chi connectivity index (χ2v) is 5.74. The Labute approximate surface area is 113 Å². The summed E-state index contributed by atoms with van der Waals surface area (Å²) < 4.78 is 0. The third kappa shape index (κ3) is 5.11. The van der Waals surface area contributed by atoms with Crippen LogP contribution in [0.25, 0.3) is 0 Å². The van der Waals surface area contributed by atoms with Gasteiger partial charge in [-0.05, 0) is 30.9 Å². The van der Waals surface area contributed by atoms with Gasteiger partial charge in [0.15, 0.2) is 0 Å². The number of anilines is 1. The minimum absolute atomic E-state index is 0.171. The SMILES string of the molecule is CC(C)(CCCN)CNc1ncc(Cl)cc1Cl. The number of pyridine rings is 1. The van der Waals surface area contributed by atoms with E-state index in [4.69, 9.17) is 28.9 Å². The Balaban J connectivity index is 2.54. The predicted octanol–water partition coefficient (Wildman–Crippen LogP) is 3.57. The molecule has 0 spiro atoms. The lowest BCUT2D eigenvalue weighted by Crippen LogP contribution is -2.24. The Hall–Kier alpha value is -0.510. The molecule has 5 heteroatoms. The topological polar surface area (TPSA) is 50.9 Å². The summed E-state index contributed by atoms with van der Waals surface area (Å²) in [7, 11) is 0. The van der Waals surface area contributed by atoms with E-state index >= 15 is 0 Å². The first kappa shape index (κ1) is 14.6. The highest BCUT2D eigenvalue weighted by Gasteiger charge is 2.17. The van der Waals surface area contributed by atoms with Gasteiger partial charge in [-0.1, -0.05) is 37.0 Å². The van der Waals surface area contributed by atoms with Gasteiger partial charge >= 0.3 is 0 Å². The molecule has 0 aliphatic rings. The summed E-state index contributed by atoms with van der Waals surface area (Å²) in [6, 6.07) is 1.69. The molecule has 3 nitrogen and oxygen atoms in total. The first-order valence-electron chi connectivity index (χ1n) is 5.69. The van der Waals surface area contributed by atoms with Gasteiger partial charge in [-0.2, -0.15) is 0 Å². The molecule has 0 saturated carbocycles. The number of hydrogen-bond donors (Lipinski definition) is 2. The normalized spacial score (nSPS) is 11.6. The highest BCUT2D eigenvalue weighted by molar-refractivity contribution is 6.35. The molecule has 1 rings (SSSR count). The van der Waals surface area contributed by atoms with Crippen molar-refractivity contribution in [3.8, 4) is 0 Å². The second-order valence-electron chi connectivity index (χ2n) is 4.89. The van der Waals surface area contributed by atoms with E-state index in [1.807, 2.05) is 0 Å². The molecule has 0 unspecified atom stereocenters. The van der Waals surface area contributed by atoms with Gasteiger partial charge < -0.3 is 11.1 Å². The minimum Gasteiger partial charge on any atom is -0.368 e. The molecule has 1 heterocycles. The van der Waals surface area contributed by atoms with Crippen molar-refractivity contribution in [2.24, 2.45) is 11.1 Å². The Morgan fingerprint density at radius 2 is 2.12 bits per heavy atom. The van der Waals surface area contributed by atoms with E-state index in [0.717, 1.165) is 25.9 Å². The number of aromatic nitrogens is 1. The van der Waals surface area contributed by atoms with E-state index in [-0.39, 0.29) is 5.41 Å². The molecule has 0 saturated heterocycles. The zero-order valence-electron chi connectivity index (χ0n) is 10.3. The third-order valence-corrected chi connectivity index (χ3v) is 3.09. The van der Waals surface area contributed by atoms with Gasteiger partial charge in [0.2, 0.25) is 0 Å². The van der Waals surface area contributed by atoms with Crippen LogP contribution in [0.3, 0.4) is 0 Å². The maximum Gasteiger partial charge on any atom is 0.144 e. The smallest absolute Gasteiger partial charge is 0.144 e. The summed E-state index contributed by atoms with van der Waals surface area (Å²) in [6.07, 6.45) is 3.68. The number of nitrogens with two attached hydrogens (primary N) is 1. The fourth-order valence-corrected chi connectivity index (χ4v) is 1.98. The molecule has 0 amide bonds. The van der Waals surface area contributed by atoms with Crippen LogP contribution in [-0.4, -0.2) is 18.1 Å². The van der Waals surface area contributed by atoms with Crippen molar-refractivity contribution < 1.29 is 0 Å². The van der Waals surface area contributed by atoms with Gasteiger partial charge in [0.1, 0.15) is 5.82 Å². The number of halogens is 2. The highest BCUT2D eigenvalue weighted by Crippen LogP contribution is 2.26. The van der Waals surface area contributed by atoms with Gasteiger partial charge in [0.05, 0.1) is 10.0 Å². The van der Waals surface area contributed by atoms with Gasteiger partial charge in [-0.25, -0.2) is 4.98 Å². The predicted molar refractivity (Wildman–Crippen MR) is 74.8 cm³/mol. The summed E-state index contributed by atoms with van der Waals surface area (Å²) >= 11 is 11.8. The number of nitrogens with zero attached hydrogens (tertiary/aromatic N) is 1. The summed E-state index contributed by atoms with van der Waals surface area (Å²) in [4.78, 5) is 4.16. The van der Waals surface area contributed by atoms with Crippen LogP contribution in [-0.2, 0) is 0 Å². The van der Waals surface area contributed by atoms with Crippen LogP contribution in [0.5, 0.6) is 0 Å². The molecule has 17 heavy (non-hydrogen) atoms. The third-order valence-electron chi connectivity index (χ3n) is 2.60. The Kier molecular flexibility index (Phi) is 5.50. The summed E-state index contributed by atoms with van der Waals surface area (Å²) in [5.41, 5.74) is 5.69. The molecule has 0 fully saturated rings. The highest BCUT2D eigenvalue weighted by atomic mass is 35.5. The molecule has 0 aliphatic heterocycles. The van der Waals surface area contributed by atoms with Crippen LogP contribution in [0, 0.1) is 5.41 Å². The number of rotatable bonds is 6. The minimum atomic E-state index is 0.171. The van der Waals surface area contributed by atoms with Gasteiger partial charge in [0.25, 0.3) is 0 Å². The lowest BCUT2D eigenvalue weighted by molar-refractivity contribution is 0.350. The van der Waals surface area contributed by atoms with Crippen LogP contribution >= 0.6 is 23.2 Å². The van der Waals surface area contributed by atoms with E-state index in [9.17, 15) is 0 Å². The molecule has 0 bridgehead atoms. The zero-order valence-corrected chi connectivity index (χ0v) is 11.8. The maximum absolute atomic E-state index is 6.03. The molecule has 0 atom stereocenters. The first-order valence-corrected chi connectivity index (χ1v) is 6.45. The van der Waals surface area contributed by atoms with Gasteiger partial charge in [-0.3, -0.25) is 0 Å². The van der Waals surface area contributed by atoms with E-state index in [1.165, 1.54) is 0 Å². The van der Waals surface area contributed by atoms with E-state index < -0.39 is 0 Å². The molecular weight excluding hydrogens is 257 g/mol. The monoisotopic (exact) mass is 275 g/mol. The van der Waals surface area contributed by atoms with Crippen molar-refractivity contribution in [1.29, 1.82) is 0 Å². The van der Waals surface area contributed by atoms with Crippen molar-refractivity contribution in [2.75, 3.05) is 18.4 Å². The second kappa shape index (κ2) is 6.43. The molecule has 0 aliphatic carbocycles. The summed E-state index contributed by atoms with van der Waals surface area (Å²) in [5.74, 6) is 0.678. The molecule has 3 N–H and O–H groups in total. The zero-order chi connectivity index (χ0) is 12.9. The van der Waals surface area contributed by atoms with E-state index in [1.54, 1.807) is 12.3 Å². The molecule has 96 valence electrons. The average molecular weight is 276 g/mol. The van der Waals surface area contributed by atoms with Crippen molar-refractivity contribution in [1.82, 2.24) is 4.98 Å². The van der Waals surface area contributed by atoms with E-state index in [2.05, 4.69) is 24.1 Å². The van der Waals surface area contributed by atoms with Gasteiger partial charge in [-0.15, -0.1) is 0 Å². The summed E-state index contributed by atoms with van der Waals surface area (Å²) in [5, 5.41) is 4.34. The fraction of sp³-hybridized carbons (Fsp3) is 0.583. The lowest BCUT2D eigenvalue weighted by Gasteiger charge is -2.25. The van der Waals surface area contributed by atoms with Crippen LogP contribution in [0.4, 0.5) is 5.82 Å². The van der Waals surface area contributed by atoms with Crippen molar-refractivity contribution in [3.05, 3.63) is 22.3 Å². The largest absolute Gasteiger partial charge is 0.368 e. The Morgan fingerprint density at radius 3 is 2.71 bits per heavy atom. The lowest BCUT2D eigenvalue weighted by atomic mass is 9.88. The van der Waals surface area contributed by atoms with Crippen LogP contribution in [0.2, 0.25) is 10.0 Å². The summed E-state index contributed by atoms with van der Waals surface area (Å²) in [6.45, 7) is 5.92. The number of nitrogens with one attached hydrogen (secondary N) is 1. The van der Waals surface area contributed by atoms with Gasteiger partial charge in [0, 0.05) is 12.7 Å². The average Bonchev–Trinajstić information content (AvgIpc) is 2.25. The standard InChI is InChI=1S/C12H19Cl2N3/c1-12(2,4-3-5-15)8-17-11-10(14)6-9(13)7-16-11/h6-7H,3-5,8,15H2,1-2H3,(H,16,17). The van der Waals surface area contributed by atoms with Crippen molar-refractivity contribution in [3.63, 3.8) is 0 Å². The number of hydrogen-bond acceptors (Lipinski definition) is 3. The molecule has 0 aromatic carbocycles. The molecule has 1 aromatic heterocycles. The maximum atomic E-state index is 6.03. The molecule has 0 radical (unpaired) electrons.